The zero-order valence-corrected chi connectivity index (χ0v) is 10.8. The van der Waals surface area contributed by atoms with Gasteiger partial charge in [-0.2, -0.15) is 0 Å². The monoisotopic (exact) mass is 243 g/mol. The van der Waals surface area contributed by atoms with Crippen molar-refractivity contribution in [3.8, 4) is 0 Å². The molecule has 0 radical (unpaired) electrons. The zero-order valence-electron chi connectivity index (χ0n) is 10.8. The third-order valence-electron chi connectivity index (χ3n) is 4.66. The summed E-state index contributed by atoms with van der Waals surface area (Å²) in [6.07, 6.45) is 8.05. The second-order valence-electron chi connectivity index (χ2n) is 5.76. The van der Waals surface area contributed by atoms with Crippen LogP contribution in [0, 0.1) is 0 Å². The molecule has 2 aliphatic carbocycles. The Morgan fingerprint density at radius 3 is 2.28 bits per heavy atom. The summed E-state index contributed by atoms with van der Waals surface area (Å²) in [5, 5.41) is 3.28. The number of carbonyl (C=O) groups is 1. The Balaban J connectivity index is 1.77. The predicted octanol–water partition coefficient (Wildman–Crippen LogP) is 3.17. The summed E-state index contributed by atoms with van der Waals surface area (Å²) < 4.78 is 0. The minimum Gasteiger partial charge on any atom is -0.353 e. The number of hydrogen-bond donors (Lipinski definition) is 1. The van der Waals surface area contributed by atoms with Crippen molar-refractivity contribution in [1.29, 1.82) is 0 Å². The molecular formula is C16H21NO. The summed E-state index contributed by atoms with van der Waals surface area (Å²) in [5.41, 5.74) is 0.982. The first-order chi connectivity index (χ1) is 8.81. The highest BCUT2D eigenvalue weighted by Gasteiger charge is 2.45. The Kier molecular flexibility index (Phi) is 3.11. The highest BCUT2D eigenvalue weighted by atomic mass is 16.2. The molecule has 1 amide bonds. The minimum atomic E-state index is -0.218. The number of hydrogen-bond acceptors (Lipinski definition) is 1. The molecule has 0 spiro atoms. The molecule has 0 unspecified atom stereocenters. The first-order valence-electron chi connectivity index (χ1n) is 7.18. The lowest BCUT2D eigenvalue weighted by atomic mass is 9.63. The fourth-order valence-corrected chi connectivity index (χ4v) is 3.33. The fourth-order valence-electron chi connectivity index (χ4n) is 3.33. The molecule has 0 saturated heterocycles. The molecule has 2 nitrogen and oxygen atoms in total. The lowest BCUT2D eigenvalue weighted by Gasteiger charge is -2.41. The van der Waals surface area contributed by atoms with Crippen LogP contribution in [0.25, 0.3) is 0 Å². The molecule has 1 aromatic rings. The molecule has 2 heteroatoms. The van der Waals surface area contributed by atoms with Crippen LogP contribution in [-0.2, 0) is 10.2 Å². The van der Waals surface area contributed by atoms with Crippen LogP contribution < -0.4 is 5.32 Å². The van der Waals surface area contributed by atoms with Crippen LogP contribution in [0.4, 0.5) is 0 Å². The lowest BCUT2D eigenvalue weighted by Crippen LogP contribution is -2.51. The Bertz CT molecular complexity index is 416. The van der Waals surface area contributed by atoms with Crippen LogP contribution in [-0.4, -0.2) is 11.9 Å². The number of benzene rings is 1. The van der Waals surface area contributed by atoms with Gasteiger partial charge in [0, 0.05) is 6.04 Å². The third-order valence-corrected chi connectivity index (χ3v) is 4.66. The molecule has 0 atom stereocenters. The van der Waals surface area contributed by atoms with Crippen molar-refractivity contribution < 1.29 is 4.79 Å². The summed E-state index contributed by atoms with van der Waals surface area (Å²) in [6.45, 7) is 0. The van der Waals surface area contributed by atoms with Crippen LogP contribution in [0.3, 0.4) is 0 Å². The molecule has 3 rings (SSSR count). The molecule has 0 aromatic heterocycles. The van der Waals surface area contributed by atoms with Crippen molar-refractivity contribution in [2.75, 3.05) is 0 Å². The molecule has 18 heavy (non-hydrogen) atoms. The summed E-state index contributed by atoms with van der Waals surface area (Å²) in [7, 11) is 0. The summed E-state index contributed by atoms with van der Waals surface area (Å²) in [4.78, 5) is 12.6. The predicted molar refractivity (Wildman–Crippen MR) is 72.4 cm³/mol. The standard InChI is InChI=1S/C16H21NO/c18-15(17-14-9-4-5-10-14)16(11-6-12-16)13-7-2-1-3-8-13/h1-3,7-8,14H,4-6,9-12H2,(H,17,18). The molecule has 2 fully saturated rings. The van der Waals surface area contributed by atoms with E-state index in [2.05, 4.69) is 17.4 Å². The van der Waals surface area contributed by atoms with Crippen LogP contribution in [0.2, 0.25) is 0 Å². The topological polar surface area (TPSA) is 29.1 Å². The van der Waals surface area contributed by atoms with E-state index in [0.29, 0.717) is 6.04 Å². The van der Waals surface area contributed by atoms with E-state index in [1.54, 1.807) is 0 Å². The van der Waals surface area contributed by atoms with E-state index in [9.17, 15) is 4.79 Å². The van der Waals surface area contributed by atoms with Gasteiger partial charge in [-0.3, -0.25) is 4.79 Å². The quantitative estimate of drug-likeness (QED) is 0.868. The maximum Gasteiger partial charge on any atom is 0.230 e. The molecule has 2 saturated carbocycles. The van der Waals surface area contributed by atoms with E-state index in [1.165, 1.54) is 24.8 Å². The highest BCUT2D eigenvalue weighted by molar-refractivity contribution is 5.89. The van der Waals surface area contributed by atoms with Gasteiger partial charge in [-0.1, -0.05) is 49.6 Å². The Morgan fingerprint density at radius 2 is 1.72 bits per heavy atom. The number of carbonyl (C=O) groups excluding carboxylic acids is 1. The van der Waals surface area contributed by atoms with E-state index in [-0.39, 0.29) is 11.3 Å². The average Bonchev–Trinajstić information content (AvgIpc) is 2.82. The smallest absolute Gasteiger partial charge is 0.230 e. The highest BCUT2D eigenvalue weighted by Crippen LogP contribution is 2.44. The van der Waals surface area contributed by atoms with E-state index in [1.807, 2.05) is 18.2 Å². The Hall–Kier alpha value is -1.31. The van der Waals surface area contributed by atoms with Gasteiger partial charge in [0.2, 0.25) is 5.91 Å². The van der Waals surface area contributed by atoms with Crippen molar-refractivity contribution in [1.82, 2.24) is 5.32 Å². The second kappa shape index (κ2) is 4.75. The largest absolute Gasteiger partial charge is 0.353 e. The van der Waals surface area contributed by atoms with Gasteiger partial charge in [-0.15, -0.1) is 0 Å². The summed E-state index contributed by atoms with van der Waals surface area (Å²) in [6, 6.07) is 10.7. The lowest BCUT2D eigenvalue weighted by molar-refractivity contribution is -0.130. The molecule has 1 aromatic carbocycles. The van der Waals surface area contributed by atoms with Crippen LogP contribution in [0.5, 0.6) is 0 Å². The van der Waals surface area contributed by atoms with Gasteiger partial charge in [0.05, 0.1) is 5.41 Å². The van der Waals surface area contributed by atoms with Gasteiger partial charge in [0.1, 0.15) is 0 Å². The summed E-state index contributed by atoms with van der Waals surface area (Å²) >= 11 is 0. The maximum atomic E-state index is 12.6. The van der Waals surface area contributed by atoms with E-state index < -0.39 is 0 Å². The average molecular weight is 243 g/mol. The van der Waals surface area contributed by atoms with Gasteiger partial charge in [-0.05, 0) is 31.2 Å². The van der Waals surface area contributed by atoms with E-state index in [4.69, 9.17) is 0 Å². The molecule has 0 heterocycles. The van der Waals surface area contributed by atoms with Gasteiger partial charge in [0.15, 0.2) is 0 Å². The van der Waals surface area contributed by atoms with Crippen LogP contribution in [0.15, 0.2) is 30.3 Å². The van der Waals surface area contributed by atoms with Crippen molar-refractivity contribution in [3.63, 3.8) is 0 Å². The van der Waals surface area contributed by atoms with Crippen LogP contribution >= 0.6 is 0 Å². The minimum absolute atomic E-state index is 0.218. The molecule has 96 valence electrons. The van der Waals surface area contributed by atoms with Crippen molar-refractivity contribution in [2.45, 2.75) is 56.4 Å². The van der Waals surface area contributed by atoms with Crippen molar-refractivity contribution in [2.24, 2.45) is 0 Å². The normalized spacial score (nSPS) is 22.4. The van der Waals surface area contributed by atoms with Gasteiger partial charge >= 0.3 is 0 Å². The summed E-state index contributed by atoms with van der Waals surface area (Å²) in [5.74, 6) is 0.270. The van der Waals surface area contributed by atoms with E-state index in [0.717, 1.165) is 25.7 Å². The molecule has 0 aliphatic heterocycles. The van der Waals surface area contributed by atoms with Crippen LogP contribution in [0.1, 0.15) is 50.5 Å². The fraction of sp³-hybridized carbons (Fsp3) is 0.562. The molecule has 2 aliphatic rings. The van der Waals surface area contributed by atoms with Crippen molar-refractivity contribution >= 4 is 5.91 Å². The van der Waals surface area contributed by atoms with Crippen molar-refractivity contribution in [3.05, 3.63) is 35.9 Å². The Labute approximate surface area is 109 Å². The van der Waals surface area contributed by atoms with Gasteiger partial charge in [-0.25, -0.2) is 0 Å². The molecular weight excluding hydrogens is 222 g/mol. The zero-order chi connectivity index (χ0) is 12.4. The SMILES string of the molecule is O=C(NC1CCCC1)C1(c2ccccc2)CCC1. The first-order valence-corrected chi connectivity index (χ1v) is 7.18. The first kappa shape index (κ1) is 11.8. The van der Waals surface area contributed by atoms with Gasteiger partial charge < -0.3 is 5.32 Å². The van der Waals surface area contributed by atoms with E-state index >= 15 is 0 Å². The molecule has 1 N–H and O–H groups in total. The number of nitrogens with one attached hydrogen (secondary N) is 1. The number of rotatable bonds is 3. The van der Waals surface area contributed by atoms with Gasteiger partial charge in [0.25, 0.3) is 0 Å². The maximum absolute atomic E-state index is 12.6. The second-order valence-corrected chi connectivity index (χ2v) is 5.76. The number of amides is 1. The Morgan fingerprint density at radius 1 is 1.06 bits per heavy atom. The molecule has 0 bridgehead atoms. The third kappa shape index (κ3) is 1.94.